The van der Waals surface area contributed by atoms with E-state index in [2.05, 4.69) is 31.2 Å². The Morgan fingerprint density at radius 2 is 2.11 bits per heavy atom. The Balaban J connectivity index is 2.16. The number of hydrogen-bond donors (Lipinski definition) is 0. The average Bonchev–Trinajstić information content (AvgIpc) is 2.46. The van der Waals surface area contributed by atoms with Gasteiger partial charge in [0, 0.05) is 5.39 Å². The van der Waals surface area contributed by atoms with Crippen LogP contribution in [0.15, 0.2) is 36.4 Å². The van der Waals surface area contributed by atoms with E-state index in [0.717, 1.165) is 28.8 Å². The van der Waals surface area contributed by atoms with Gasteiger partial charge >= 0.3 is 0 Å². The number of fused-ring (bicyclic) bond motifs is 1. The predicted molar refractivity (Wildman–Crippen MR) is 79.3 cm³/mol. The van der Waals surface area contributed by atoms with Crippen LogP contribution in [0.5, 0.6) is 5.75 Å². The molecule has 0 saturated carbocycles. The van der Waals surface area contributed by atoms with Gasteiger partial charge in [0.2, 0.25) is 0 Å². The summed E-state index contributed by atoms with van der Waals surface area (Å²) in [5, 5.41) is 1.13. The zero-order valence-corrected chi connectivity index (χ0v) is 11.5. The van der Waals surface area contributed by atoms with Crippen molar-refractivity contribution in [1.29, 1.82) is 0 Å². The van der Waals surface area contributed by atoms with Gasteiger partial charge < -0.3 is 4.74 Å². The first-order valence-corrected chi connectivity index (χ1v) is 6.93. The molecular weight excluding hydrogens is 234 g/mol. The second-order valence-corrected chi connectivity index (χ2v) is 5.29. The first-order chi connectivity index (χ1) is 9.28. The summed E-state index contributed by atoms with van der Waals surface area (Å²) in [6, 6.07) is 10.3. The molecule has 0 spiro atoms. The van der Waals surface area contributed by atoms with E-state index in [1.807, 2.05) is 12.1 Å². The van der Waals surface area contributed by atoms with Crippen LogP contribution in [0.3, 0.4) is 0 Å². The molecule has 2 heteroatoms. The van der Waals surface area contributed by atoms with E-state index < -0.39 is 0 Å². The molecule has 1 heterocycles. The lowest BCUT2D eigenvalue weighted by Crippen LogP contribution is -2.03. The Kier molecular flexibility index (Phi) is 3.24. The predicted octanol–water partition coefficient (Wildman–Crippen LogP) is 4.45. The molecular formula is C17H19NO. The average molecular weight is 253 g/mol. The molecule has 0 bridgehead atoms. The van der Waals surface area contributed by atoms with Gasteiger partial charge in [0.1, 0.15) is 11.4 Å². The van der Waals surface area contributed by atoms with Crippen LogP contribution in [-0.4, -0.2) is 12.1 Å². The topological polar surface area (TPSA) is 22.1 Å². The minimum absolute atomic E-state index is 0.640. The zero-order valence-electron chi connectivity index (χ0n) is 11.5. The molecule has 19 heavy (non-hydrogen) atoms. The summed E-state index contributed by atoms with van der Waals surface area (Å²) in [7, 11) is 1.72. The molecule has 0 aliphatic heterocycles. The number of allylic oxidation sites excluding steroid dienone is 2. The second-order valence-electron chi connectivity index (χ2n) is 5.29. The highest BCUT2D eigenvalue weighted by atomic mass is 16.5. The molecule has 2 aromatic rings. The van der Waals surface area contributed by atoms with Gasteiger partial charge in [-0.3, -0.25) is 0 Å². The van der Waals surface area contributed by atoms with E-state index in [9.17, 15) is 0 Å². The SMILES string of the molecule is COc1cc2ccccc2nc1C1=CC(C)CCC1. The Morgan fingerprint density at radius 3 is 2.89 bits per heavy atom. The summed E-state index contributed by atoms with van der Waals surface area (Å²) in [6.45, 7) is 2.27. The summed E-state index contributed by atoms with van der Waals surface area (Å²) >= 11 is 0. The molecule has 3 rings (SSSR count). The van der Waals surface area contributed by atoms with Crippen LogP contribution < -0.4 is 4.74 Å². The zero-order chi connectivity index (χ0) is 13.2. The fourth-order valence-electron chi connectivity index (χ4n) is 2.80. The van der Waals surface area contributed by atoms with Crippen molar-refractivity contribution in [2.45, 2.75) is 26.2 Å². The van der Waals surface area contributed by atoms with E-state index in [1.54, 1.807) is 7.11 Å². The van der Waals surface area contributed by atoms with Crippen LogP contribution in [0.4, 0.5) is 0 Å². The number of hydrogen-bond acceptors (Lipinski definition) is 2. The maximum atomic E-state index is 5.54. The lowest BCUT2D eigenvalue weighted by atomic mass is 9.89. The summed E-state index contributed by atoms with van der Waals surface area (Å²) in [6.07, 6.45) is 5.97. The van der Waals surface area contributed by atoms with Crippen molar-refractivity contribution in [1.82, 2.24) is 4.98 Å². The van der Waals surface area contributed by atoms with E-state index in [0.29, 0.717) is 5.92 Å². The monoisotopic (exact) mass is 253 g/mol. The normalized spacial score (nSPS) is 19.3. The lowest BCUT2D eigenvalue weighted by molar-refractivity contribution is 0.411. The van der Waals surface area contributed by atoms with E-state index in [1.165, 1.54) is 18.4 Å². The number of nitrogens with zero attached hydrogens (tertiary/aromatic N) is 1. The molecule has 1 aliphatic rings. The number of benzene rings is 1. The molecule has 1 atom stereocenters. The standard InChI is InChI=1S/C17H19NO/c1-12-6-5-8-14(10-12)17-16(19-2)11-13-7-3-4-9-15(13)18-17/h3-4,7,9-12H,5-6,8H2,1-2H3. The van der Waals surface area contributed by atoms with Crippen LogP contribution in [0.25, 0.3) is 16.5 Å². The molecule has 98 valence electrons. The Morgan fingerprint density at radius 1 is 1.26 bits per heavy atom. The van der Waals surface area contributed by atoms with Crippen molar-refractivity contribution in [3.63, 3.8) is 0 Å². The van der Waals surface area contributed by atoms with Crippen molar-refractivity contribution >= 4 is 16.5 Å². The molecule has 0 radical (unpaired) electrons. The first kappa shape index (κ1) is 12.2. The van der Waals surface area contributed by atoms with Gasteiger partial charge in [-0.15, -0.1) is 0 Å². The number of rotatable bonds is 2. The molecule has 0 N–H and O–H groups in total. The van der Waals surface area contributed by atoms with E-state index >= 15 is 0 Å². The van der Waals surface area contributed by atoms with Gasteiger partial charge in [0.25, 0.3) is 0 Å². The van der Waals surface area contributed by atoms with Crippen molar-refractivity contribution in [2.24, 2.45) is 5.92 Å². The van der Waals surface area contributed by atoms with Gasteiger partial charge in [-0.1, -0.05) is 31.2 Å². The van der Waals surface area contributed by atoms with Crippen LogP contribution in [0, 0.1) is 5.92 Å². The minimum atomic E-state index is 0.640. The third-order valence-electron chi connectivity index (χ3n) is 3.80. The Labute approximate surface area is 114 Å². The van der Waals surface area contributed by atoms with Gasteiger partial charge in [0.05, 0.1) is 12.6 Å². The molecule has 0 amide bonds. The second kappa shape index (κ2) is 5.04. The van der Waals surface area contributed by atoms with Crippen LogP contribution in [-0.2, 0) is 0 Å². The van der Waals surface area contributed by atoms with E-state index in [-0.39, 0.29) is 0 Å². The number of methoxy groups -OCH3 is 1. The highest BCUT2D eigenvalue weighted by molar-refractivity contribution is 5.84. The highest BCUT2D eigenvalue weighted by Crippen LogP contribution is 2.35. The van der Waals surface area contributed by atoms with E-state index in [4.69, 9.17) is 9.72 Å². The number of pyridine rings is 1. The van der Waals surface area contributed by atoms with Gasteiger partial charge in [-0.25, -0.2) is 4.98 Å². The summed E-state index contributed by atoms with van der Waals surface area (Å²) in [4.78, 5) is 4.81. The van der Waals surface area contributed by atoms with Gasteiger partial charge in [-0.05, 0) is 42.9 Å². The molecule has 1 aromatic heterocycles. The van der Waals surface area contributed by atoms with Crippen molar-refractivity contribution in [3.05, 3.63) is 42.1 Å². The minimum Gasteiger partial charge on any atom is -0.494 e. The van der Waals surface area contributed by atoms with Gasteiger partial charge in [0.15, 0.2) is 0 Å². The van der Waals surface area contributed by atoms with Crippen LogP contribution >= 0.6 is 0 Å². The number of aromatic nitrogens is 1. The molecule has 1 aromatic carbocycles. The summed E-state index contributed by atoms with van der Waals surface area (Å²) in [5.74, 6) is 1.53. The molecule has 0 fully saturated rings. The Hall–Kier alpha value is -1.83. The fourth-order valence-corrected chi connectivity index (χ4v) is 2.80. The number of para-hydroxylation sites is 1. The maximum Gasteiger partial charge on any atom is 0.145 e. The molecule has 1 aliphatic carbocycles. The largest absolute Gasteiger partial charge is 0.494 e. The molecule has 1 unspecified atom stereocenters. The van der Waals surface area contributed by atoms with Gasteiger partial charge in [-0.2, -0.15) is 0 Å². The third kappa shape index (κ3) is 2.35. The van der Waals surface area contributed by atoms with Crippen LogP contribution in [0.1, 0.15) is 31.9 Å². The van der Waals surface area contributed by atoms with Crippen molar-refractivity contribution in [2.75, 3.05) is 7.11 Å². The highest BCUT2D eigenvalue weighted by Gasteiger charge is 2.16. The van der Waals surface area contributed by atoms with Crippen molar-refractivity contribution < 1.29 is 4.74 Å². The smallest absolute Gasteiger partial charge is 0.145 e. The quantitative estimate of drug-likeness (QED) is 0.789. The summed E-state index contributed by atoms with van der Waals surface area (Å²) < 4.78 is 5.54. The fraction of sp³-hybridized carbons (Fsp3) is 0.353. The Bertz CT molecular complexity index is 630. The van der Waals surface area contributed by atoms with Crippen molar-refractivity contribution in [3.8, 4) is 5.75 Å². The number of ether oxygens (including phenoxy) is 1. The third-order valence-corrected chi connectivity index (χ3v) is 3.80. The maximum absolute atomic E-state index is 5.54. The summed E-state index contributed by atoms with van der Waals surface area (Å²) in [5.41, 5.74) is 3.39. The first-order valence-electron chi connectivity index (χ1n) is 6.93. The molecule has 2 nitrogen and oxygen atoms in total. The molecule has 0 saturated heterocycles. The van der Waals surface area contributed by atoms with Crippen LogP contribution in [0.2, 0.25) is 0 Å². The lowest BCUT2D eigenvalue weighted by Gasteiger charge is -2.19.